The van der Waals surface area contributed by atoms with Gasteiger partial charge in [-0.25, -0.2) is 4.57 Å². The molecule has 0 amide bonds. The van der Waals surface area contributed by atoms with Crippen LogP contribution in [0.5, 0.6) is 11.5 Å². The predicted molar refractivity (Wildman–Crippen MR) is 95.1 cm³/mol. The van der Waals surface area contributed by atoms with Crippen LogP contribution in [-0.2, 0) is 9.09 Å². The molecule has 1 aliphatic rings. The average molecular weight is 383 g/mol. The number of anilines is 2. The third-order valence-electron chi connectivity index (χ3n) is 3.71. The third-order valence-corrected chi connectivity index (χ3v) is 5.32. The Labute approximate surface area is 149 Å². The van der Waals surface area contributed by atoms with Gasteiger partial charge >= 0.3 is 7.82 Å². The first kappa shape index (κ1) is 18.1. The first-order valence-electron chi connectivity index (χ1n) is 7.43. The topological polar surface area (TPSA) is 88.5 Å². The fourth-order valence-corrected chi connectivity index (χ4v) is 4.06. The fourth-order valence-electron chi connectivity index (χ4n) is 2.59. The highest BCUT2D eigenvalue weighted by Gasteiger charge is 2.25. The number of benzene rings is 2. The van der Waals surface area contributed by atoms with Crippen LogP contribution in [0.2, 0.25) is 0 Å². The van der Waals surface area contributed by atoms with Crippen LogP contribution in [0.15, 0.2) is 46.2 Å². The van der Waals surface area contributed by atoms with E-state index in [0.29, 0.717) is 6.54 Å². The van der Waals surface area contributed by atoms with Crippen LogP contribution in [0.1, 0.15) is 0 Å². The molecule has 0 fully saturated rings. The standard InChI is InChI=1S/C16H18NO6PS/c1-21-11-3-5-13-15(9-11)25-16-10-12(22-2)4-6-14(16)17(13)7-8-23-24(18,19)20/h3-6,9-10H,7-8H2,1-2H3,(H2,18,19,20). The van der Waals surface area contributed by atoms with E-state index in [-0.39, 0.29) is 6.61 Å². The normalized spacial score (nSPS) is 13.2. The van der Waals surface area contributed by atoms with Gasteiger partial charge in [-0.2, -0.15) is 0 Å². The lowest BCUT2D eigenvalue weighted by atomic mass is 10.2. The molecule has 1 aliphatic heterocycles. The highest BCUT2D eigenvalue weighted by molar-refractivity contribution is 7.99. The number of phosphoric ester groups is 1. The minimum Gasteiger partial charge on any atom is -0.497 e. The number of hydrogen-bond donors (Lipinski definition) is 2. The van der Waals surface area contributed by atoms with Gasteiger partial charge in [0.2, 0.25) is 0 Å². The molecule has 0 bridgehead atoms. The van der Waals surface area contributed by atoms with Crippen LogP contribution in [0.25, 0.3) is 0 Å². The average Bonchev–Trinajstić information content (AvgIpc) is 2.59. The van der Waals surface area contributed by atoms with Gasteiger partial charge in [0.15, 0.2) is 0 Å². The summed E-state index contributed by atoms with van der Waals surface area (Å²) in [4.78, 5) is 21.7. The van der Waals surface area contributed by atoms with Crippen LogP contribution in [0.4, 0.5) is 11.4 Å². The van der Waals surface area contributed by atoms with Gasteiger partial charge in [-0.15, -0.1) is 0 Å². The summed E-state index contributed by atoms with van der Waals surface area (Å²) in [5.41, 5.74) is 1.86. The van der Waals surface area contributed by atoms with Crippen molar-refractivity contribution in [3.05, 3.63) is 36.4 Å². The van der Waals surface area contributed by atoms with Gasteiger partial charge in [-0.3, -0.25) is 4.52 Å². The highest BCUT2D eigenvalue weighted by atomic mass is 32.2. The molecule has 0 spiro atoms. The lowest BCUT2D eigenvalue weighted by molar-refractivity contribution is 0.202. The molecule has 2 aromatic rings. The number of methoxy groups -OCH3 is 2. The monoisotopic (exact) mass is 383 g/mol. The second-order valence-electron chi connectivity index (χ2n) is 5.24. The van der Waals surface area contributed by atoms with Gasteiger partial charge in [0.25, 0.3) is 0 Å². The van der Waals surface area contributed by atoms with E-state index in [1.54, 1.807) is 26.0 Å². The smallest absolute Gasteiger partial charge is 0.469 e. The van der Waals surface area contributed by atoms with Crippen molar-refractivity contribution in [1.82, 2.24) is 0 Å². The molecule has 134 valence electrons. The molecule has 7 nitrogen and oxygen atoms in total. The van der Waals surface area contributed by atoms with E-state index in [1.165, 1.54) is 0 Å². The maximum atomic E-state index is 10.9. The molecule has 0 aromatic heterocycles. The Morgan fingerprint density at radius 1 is 1.00 bits per heavy atom. The molecular formula is C16H18NO6PS. The molecule has 2 N–H and O–H groups in total. The molecule has 0 radical (unpaired) electrons. The van der Waals surface area contributed by atoms with Gasteiger partial charge in [-0.1, -0.05) is 11.8 Å². The molecule has 0 aliphatic carbocycles. The maximum Gasteiger partial charge on any atom is 0.469 e. The van der Waals surface area contributed by atoms with E-state index in [2.05, 4.69) is 4.52 Å². The summed E-state index contributed by atoms with van der Waals surface area (Å²) in [6.07, 6.45) is 0. The van der Waals surface area contributed by atoms with Crippen LogP contribution in [-0.4, -0.2) is 37.2 Å². The third kappa shape index (κ3) is 4.11. The van der Waals surface area contributed by atoms with Gasteiger partial charge in [0, 0.05) is 16.3 Å². The maximum absolute atomic E-state index is 10.9. The van der Waals surface area contributed by atoms with Crippen molar-refractivity contribution in [1.29, 1.82) is 0 Å². The van der Waals surface area contributed by atoms with Gasteiger partial charge in [0.1, 0.15) is 11.5 Å². The molecule has 0 saturated carbocycles. The zero-order valence-corrected chi connectivity index (χ0v) is 15.4. The summed E-state index contributed by atoms with van der Waals surface area (Å²) >= 11 is 1.59. The van der Waals surface area contributed by atoms with E-state index in [0.717, 1.165) is 32.7 Å². The Kier molecular flexibility index (Phi) is 5.27. The summed E-state index contributed by atoms with van der Waals surface area (Å²) < 4.78 is 26.1. The number of nitrogens with zero attached hydrogens (tertiary/aromatic N) is 1. The van der Waals surface area contributed by atoms with Crippen molar-refractivity contribution in [2.24, 2.45) is 0 Å². The number of hydrogen-bond acceptors (Lipinski definition) is 6. The molecule has 3 rings (SSSR count). The lowest BCUT2D eigenvalue weighted by Gasteiger charge is -2.33. The van der Waals surface area contributed by atoms with Crippen LogP contribution in [0, 0.1) is 0 Å². The number of ether oxygens (including phenoxy) is 2. The van der Waals surface area contributed by atoms with Gasteiger partial charge in [-0.05, 0) is 36.4 Å². The van der Waals surface area contributed by atoms with Crippen molar-refractivity contribution in [3.8, 4) is 11.5 Å². The van der Waals surface area contributed by atoms with Crippen molar-refractivity contribution < 1.29 is 28.3 Å². The van der Waals surface area contributed by atoms with Crippen molar-refractivity contribution in [2.45, 2.75) is 9.79 Å². The first-order chi connectivity index (χ1) is 11.9. The Balaban J connectivity index is 1.96. The molecule has 2 aromatic carbocycles. The second-order valence-corrected chi connectivity index (χ2v) is 7.57. The predicted octanol–water partition coefficient (Wildman–Crippen LogP) is 3.42. The molecule has 25 heavy (non-hydrogen) atoms. The Morgan fingerprint density at radius 2 is 1.52 bits per heavy atom. The van der Waals surface area contributed by atoms with Gasteiger partial charge < -0.3 is 24.2 Å². The number of rotatable bonds is 6. The minimum atomic E-state index is -4.50. The van der Waals surface area contributed by atoms with Gasteiger partial charge in [0.05, 0.1) is 32.2 Å². The number of phosphoric acid groups is 1. The van der Waals surface area contributed by atoms with Crippen LogP contribution in [0.3, 0.4) is 0 Å². The zero-order valence-electron chi connectivity index (χ0n) is 13.7. The van der Waals surface area contributed by atoms with Crippen LogP contribution >= 0.6 is 19.6 Å². The lowest BCUT2D eigenvalue weighted by Crippen LogP contribution is -2.25. The van der Waals surface area contributed by atoms with Crippen molar-refractivity contribution >= 4 is 31.0 Å². The van der Waals surface area contributed by atoms with E-state index in [9.17, 15) is 4.57 Å². The molecule has 0 unspecified atom stereocenters. The summed E-state index contributed by atoms with van der Waals surface area (Å²) in [5.74, 6) is 1.48. The Bertz CT molecular complexity index is 771. The molecule has 1 heterocycles. The highest BCUT2D eigenvalue weighted by Crippen LogP contribution is 2.50. The van der Waals surface area contributed by atoms with Crippen LogP contribution < -0.4 is 14.4 Å². The summed E-state index contributed by atoms with van der Waals surface area (Å²) in [6, 6.07) is 11.4. The van der Waals surface area contributed by atoms with Crippen molar-refractivity contribution in [2.75, 3.05) is 32.3 Å². The molecule has 9 heteroatoms. The zero-order chi connectivity index (χ0) is 18.0. The summed E-state index contributed by atoms with van der Waals surface area (Å²) in [5, 5.41) is 0. The molecule has 0 atom stereocenters. The Morgan fingerprint density at radius 3 is 1.96 bits per heavy atom. The summed E-state index contributed by atoms with van der Waals surface area (Å²) in [6.45, 7) is 0.191. The Hall–Kier alpha value is -1.70. The summed E-state index contributed by atoms with van der Waals surface area (Å²) in [7, 11) is -1.28. The quantitative estimate of drug-likeness (QED) is 0.734. The molecular weight excluding hydrogens is 365 g/mol. The largest absolute Gasteiger partial charge is 0.497 e. The van der Waals surface area contributed by atoms with Crippen molar-refractivity contribution in [3.63, 3.8) is 0 Å². The molecule has 0 saturated heterocycles. The second kappa shape index (κ2) is 7.27. The SMILES string of the molecule is COc1ccc2c(c1)Sc1cc(OC)ccc1N2CCOP(=O)(O)O. The van der Waals surface area contributed by atoms with E-state index in [1.807, 2.05) is 41.3 Å². The van der Waals surface area contributed by atoms with E-state index in [4.69, 9.17) is 19.3 Å². The fraction of sp³-hybridized carbons (Fsp3) is 0.250. The number of fused-ring (bicyclic) bond motifs is 2. The first-order valence-corrected chi connectivity index (χ1v) is 9.77. The minimum absolute atomic E-state index is 0.105. The van der Waals surface area contributed by atoms with E-state index >= 15 is 0 Å². The van der Waals surface area contributed by atoms with E-state index < -0.39 is 7.82 Å².